The van der Waals surface area contributed by atoms with Gasteiger partial charge in [-0.15, -0.1) is 0 Å². The zero-order chi connectivity index (χ0) is 38.7. The van der Waals surface area contributed by atoms with Gasteiger partial charge in [-0.25, -0.2) is 0 Å². The summed E-state index contributed by atoms with van der Waals surface area (Å²) in [5.74, 6) is -3.34. The van der Waals surface area contributed by atoms with E-state index in [9.17, 15) is 19.2 Å². The smallest absolute Gasteiger partial charge is 0.274 e. The number of hydrogen-bond acceptors (Lipinski definition) is 4. The van der Waals surface area contributed by atoms with Crippen molar-refractivity contribution in [3.8, 4) is 0 Å². The summed E-state index contributed by atoms with van der Waals surface area (Å²) in [6.07, 6.45) is -0.0720. The molecule has 0 aromatic heterocycles. The summed E-state index contributed by atoms with van der Waals surface area (Å²) in [6.45, 7) is 4.10. The van der Waals surface area contributed by atoms with E-state index in [1.54, 1.807) is 0 Å². The van der Waals surface area contributed by atoms with Crippen molar-refractivity contribution in [2.75, 3.05) is 13.1 Å². The lowest BCUT2D eigenvalue weighted by Crippen LogP contribution is -2.41. The number of fused-ring (bicyclic) bond motifs is 2. The third-order valence-electron chi connectivity index (χ3n) is 11.1. The van der Waals surface area contributed by atoms with Gasteiger partial charge in [0.05, 0.1) is 11.1 Å². The normalized spacial score (nSPS) is 15.0. The molecule has 0 unspecified atom stereocenters. The first-order valence-corrected chi connectivity index (χ1v) is 18.9. The Balaban J connectivity index is 1.46. The fourth-order valence-electron chi connectivity index (χ4n) is 8.52. The van der Waals surface area contributed by atoms with Gasteiger partial charge in [0.15, 0.2) is 0 Å². The number of unbranched alkanes of at least 4 members (excludes halogenated alkanes) is 10. The molecule has 4 amide bonds. The number of hydrogen-bond donors (Lipinski definition) is 0. The van der Waals surface area contributed by atoms with Gasteiger partial charge < -0.3 is 0 Å². The summed E-state index contributed by atoms with van der Waals surface area (Å²) in [7, 11) is 0. The van der Waals surface area contributed by atoms with Gasteiger partial charge in [-0.1, -0.05) is 90.2 Å². The van der Waals surface area contributed by atoms with Crippen molar-refractivity contribution in [2.45, 2.75) is 103 Å². The number of rotatable bonds is 14. The molecule has 7 rings (SSSR count). The van der Waals surface area contributed by atoms with E-state index >= 15 is 26.3 Å². The van der Waals surface area contributed by atoms with Crippen LogP contribution in [0.4, 0.5) is 26.3 Å². The highest BCUT2D eigenvalue weighted by atomic mass is 19.4. The molecule has 2 aliphatic rings. The Morgan fingerprint density at radius 1 is 0.426 bits per heavy atom. The van der Waals surface area contributed by atoms with Crippen molar-refractivity contribution >= 4 is 66.7 Å². The highest BCUT2D eigenvalue weighted by Gasteiger charge is 2.44. The molecule has 12 heteroatoms. The fourth-order valence-corrected chi connectivity index (χ4v) is 8.52. The van der Waals surface area contributed by atoms with E-state index < -0.39 is 69.0 Å². The number of nitrogens with zero attached hydrogens (tertiary/aromatic N) is 2. The predicted molar refractivity (Wildman–Crippen MR) is 195 cm³/mol. The molecule has 0 N–H and O–H groups in total. The second kappa shape index (κ2) is 14.2. The van der Waals surface area contributed by atoms with Gasteiger partial charge >= 0.3 is 12.4 Å². The van der Waals surface area contributed by atoms with Gasteiger partial charge in [0.25, 0.3) is 23.6 Å². The average molecular weight is 751 g/mol. The predicted octanol–water partition coefficient (Wildman–Crippen LogP) is 11.7. The van der Waals surface area contributed by atoms with Crippen LogP contribution in [0.15, 0.2) is 36.4 Å². The van der Waals surface area contributed by atoms with Crippen molar-refractivity contribution in [2.24, 2.45) is 0 Å². The van der Waals surface area contributed by atoms with Crippen LogP contribution in [0.25, 0.3) is 43.1 Å². The minimum absolute atomic E-state index is 0.0145. The van der Waals surface area contributed by atoms with Crippen molar-refractivity contribution in [1.82, 2.24) is 9.80 Å². The Labute approximate surface area is 307 Å². The molecule has 2 heterocycles. The maximum absolute atomic E-state index is 15.2. The van der Waals surface area contributed by atoms with Crippen LogP contribution < -0.4 is 0 Å². The Morgan fingerprint density at radius 2 is 0.759 bits per heavy atom. The van der Waals surface area contributed by atoms with Crippen LogP contribution in [0.5, 0.6) is 0 Å². The van der Waals surface area contributed by atoms with E-state index in [-0.39, 0.29) is 56.5 Å². The van der Waals surface area contributed by atoms with E-state index in [1.807, 2.05) is 0 Å². The van der Waals surface area contributed by atoms with Gasteiger partial charge in [-0.2, -0.15) is 26.3 Å². The van der Waals surface area contributed by atoms with E-state index in [1.165, 1.54) is 24.3 Å². The molecule has 0 saturated heterocycles. The average Bonchev–Trinajstić information content (AvgIpc) is 3.12. The molecule has 6 nitrogen and oxygen atoms in total. The molecule has 0 fully saturated rings. The summed E-state index contributed by atoms with van der Waals surface area (Å²) in [6, 6.07) is 6.30. The van der Waals surface area contributed by atoms with E-state index in [0.29, 0.717) is 37.8 Å². The van der Waals surface area contributed by atoms with Gasteiger partial charge in [0, 0.05) is 56.9 Å². The molecule has 0 spiro atoms. The van der Waals surface area contributed by atoms with Crippen LogP contribution in [0.2, 0.25) is 0 Å². The summed E-state index contributed by atoms with van der Waals surface area (Å²) >= 11 is 0. The highest BCUT2D eigenvalue weighted by molar-refractivity contribution is 6.42. The number of alkyl halides is 6. The SMILES string of the molecule is CCCCCCCCN1C(=O)c2ccc3c4c(C(F)(F)F)cc5c6c(ccc(c7c(C(F)(F)F)cc(c2c37)C1=O)c64)C(=O)N(CCCCCCCC)C5=O. The summed E-state index contributed by atoms with van der Waals surface area (Å²) in [4.78, 5) is 57.4. The molecule has 0 atom stereocenters. The summed E-state index contributed by atoms with van der Waals surface area (Å²) in [5, 5.41) is -2.40. The molecule has 54 heavy (non-hydrogen) atoms. The second-order valence-electron chi connectivity index (χ2n) is 14.6. The largest absolute Gasteiger partial charge is 0.417 e. The molecule has 0 aliphatic carbocycles. The van der Waals surface area contributed by atoms with Gasteiger partial charge in [-0.05, 0) is 58.7 Å². The highest BCUT2D eigenvalue weighted by Crippen LogP contribution is 2.52. The molecule has 0 bridgehead atoms. The van der Waals surface area contributed by atoms with E-state index in [2.05, 4.69) is 13.8 Å². The number of imide groups is 2. The van der Waals surface area contributed by atoms with Crippen molar-refractivity contribution in [3.05, 3.63) is 69.8 Å². The lowest BCUT2D eigenvalue weighted by Gasteiger charge is -2.32. The third-order valence-corrected chi connectivity index (χ3v) is 11.1. The van der Waals surface area contributed by atoms with Crippen LogP contribution in [0.1, 0.15) is 143 Å². The third kappa shape index (κ3) is 6.05. The first kappa shape index (κ1) is 37.6. The fraction of sp³-hybridized carbons (Fsp3) is 0.429. The summed E-state index contributed by atoms with van der Waals surface area (Å²) < 4.78 is 91.0. The maximum Gasteiger partial charge on any atom is 0.417 e. The van der Waals surface area contributed by atoms with Crippen molar-refractivity contribution in [3.63, 3.8) is 0 Å². The van der Waals surface area contributed by atoms with Crippen LogP contribution in [-0.4, -0.2) is 46.5 Å². The lowest BCUT2D eigenvalue weighted by atomic mass is 9.79. The molecule has 5 aromatic rings. The maximum atomic E-state index is 15.2. The quantitative estimate of drug-likeness (QED) is 0.0372. The van der Waals surface area contributed by atoms with Crippen LogP contribution in [0.3, 0.4) is 0 Å². The monoisotopic (exact) mass is 750 g/mol. The molecular formula is C42H40F6N2O4. The minimum Gasteiger partial charge on any atom is -0.274 e. The molecule has 284 valence electrons. The molecule has 5 aromatic carbocycles. The zero-order valence-electron chi connectivity index (χ0n) is 30.2. The van der Waals surface area contributed by atoms with Crippen LogP contribution >= 0.6 is 0 Å². The zero-order valence-corrected chi connectivity index (χ0v) is 30.2. The standard InChI is InChI=1S/C42H40F6N2O4/c1-3-5-7-9-11-13-19-49-37(51)25-17-15-23-34-30(42(46,47)48)22-28-32-26(38(52)50(40(28)54)20-14-12-10-8-6-4-2)18-16-24(36(32)34)33-29(41(43,44)45)21-27(39(49)53)31(25)35(23)33/h15-18,21-22H,3-14,19-20H2,1-2H3. The van der Waals surface area contributed by atoms with E-state index in [0.717, 1.165) is 61.2 Å². The topological polar surface area (TPSA) is 74.8 Å². The molecule has 0 radical (unpaired) electrons. The number of amides is 4. The van der Waals surface area contributed by atoms with Crippen LogP contribution in [-0.2, 0) is 12.4 Å². The van der Waals surface area contributed by atoms with Crippen molar-refractivity contribution in [1.29, 1.82) is 0 Å². The lowest BCUT2D eigenvalue weighted by molar-refractivity contribution is -0.137. The minimum atomic E-state index is -5.08. The Morgan fingerprint density at radius 3 is 1.11 bits per heavy atom. The van der Waals surface area contributed by atoms with E-state index in [4.69, 9.17) is 0 Å². The first-order chi connectivity index (χ1) is 25.7. The van der Waals surface area contributed by atoms with Crippen LogP contribution in [0, 0.1) is 0 Å². The second-order valence-corrected chi connectivity index (χ2v) is 14.6. The summed E-state index contributed by atoms with van der Waals surface area (Å²) in [5.41, 5.74) is -3.51. The Hall–Kier alpha value is -4.74. The number of halogens is 6. The number of benzene rings is 5. The Bertz CT molecular complexity index is 2180. The van der Waals surface area contributed by atoms with Gasteiger partial charge in [-0.3, -0.25) is 29.0 Å². The molecule has 2 aliphatic heterocycles. The molecule has 0 saturated carbocycles. The molecular weight excluding hydrogens is 710 g/mol. The number of carbonyl (C=O) groups excluding carboxylic acids is 4. The first-order valence-electron chi connectivity index (χ1n) is 18.9. The van der Waals surface area contributed by atoms with Gasteiger partial charge in [0.1, 0.15) is 0 Å². The Kier molecular flexibility index (Phi) is 9.85. The number of carbonyl (C=O) groups is 4. The van der Waals surface area contributed by atoms with Gasteiger partial charge in [0.2, 0.25) is 0 Å². The van der Waals surface area contributed by atoms with Crippen molar-refractivity contribution < 1.29 is 45.5 Å².